The summed E-state index contributed by atoms with van der Waals surface area (Å²) in [5, 5.41) is 6.86. The van der Waals surface area contributed by atoms with Crippen LogP contribution in [0.2, 0.25) is 0 Å². The molecule has 0 bridgehead atoms. The monoisotopic (exact) mass is 150 g/mol. The van der Waals surface area contributed by atoms with E-state index in [0.29, 0.717) is 6.04 Å². The maximum atomic E-state index is 4.89. The van der Waals surface area contributed by atoms with Crippen molar-refractivity contribution in [2.45, 2.75) is 12.5 Å². The van der Waals surface area contributed by atoms with E-state index in [1.165, 1.54) is 6.42 Å². The molecule has 1 aromatic rings. The molecule has 11 heavy (non-hydrogen) atoms. The second-order valence-corrected chi connectivity index (χ2v) is 2.62. The fourth-order valence-corrected chi connectivity index (χ4v) is 0.998. The second kappa shape index (κ2) is 2.88. The van der Waals surface area contributed by atoms with Crippen LogP contribution in [0.1, 0.15) is 12.2 Å². The topological polar surface area (TPSA) is 38.1 Å². The molecule has 1 fully saturated rings. The summed E-state index contributed by atoms with van der Waals surface area (Å²) in [6, 6.07) is 2.38. The summed E-state index contributed by atoms with van der Waals surface area (Å²) in [5.74, 6) is 0.818. The Balaban J connectivity index is 1.93. The predicted molar refractivity (Wildman–Crippen MR) is 41.9 cm³/mol. The number of hydrogen-bond donors (Lipinski definition) is 1. The molecule has 0 aromatic carbocycles. The van der Waals surface area contributed by atoms with E-state index in [-0.39, 0.29) is 0 Å². The average molecular weight is 150 g/mol. The van der Waals surface area contributed by atoms with E-state index in [2.05, 4.69) is 16.5 Å². The molecule has 3 nitrogen and oxygen atoms in total. The highest BCUT2D eigenvalue weighted by Crippen LogP contribution is 2.06. The van der Waals surface area contributed by atoms with E-state index in [1.54, 1.807) is 6.20 Å². The van der Waals surface area contributed by atoms with Crippen LogP contribution in [-0.4, -0.2) is 17.7 Å². The van der Waals surface area contributed by atoms with Crippen LogP contribution in [0.5, 0.6) is 0 Å². The molecule has 0 radical (unpaired) electrons. The third-order valence-corrected chi connectivity index (χ3v) is 1.81. The average Bonchev–Trinajstić information content (AvgIpc) is 2.36. The smallest absolute Gasteiger partial charge is 0.159 e. The fourth-order valence-electron chi connectivity index (χ4n) is 0.998. The van der Waals surface area contributed by atoms with E-state index in [9.17, 15) is 0 Å². The van der Waals surface area contributed by atoms with Crippen molar-refractivity contribution in [1.29, 1.82) is 0 Å². The van der Waals surface area contributed by atoms with Gasteiger partial charge >= 0.3 is 0 Å². The minimum Gasteiger partial charge on any atom is -0.357 e. The van der Waals surface area contributed by atoms with Gasteiger partial charge in [-0.1, -0.05) is 11.2 Å². The molecular weight excluding hydrogens is 140 g/mol. The zero-order valence-electron chi connectivity index (χ0n) is 6.16. The standard InChI is InChI=1S/C8H10N2O/c1(7-3-5-9-7)2-8-4-6-10-11-8/h1-2,4,6-7,9H,3,5H2. The molecule has 1 aliphatic rings. The van der Waals surface area contributed by atoms with Crippen molar-refractivity contribution in [3.8, 4) is 0 Å². The zero-order chi connectivity index (χ0) is 7.52. The molecular formula is C8H10N2O. The number of aromatic nitrogens is 1. The van der Waals surface area contributed by atoms with Crippen LogP contribution in [0, 0.1) is 0 Å². The maximum absolute atomic E-state index is 4.89. The normalized spacial score (nSPS) is 23.8. The van der Waals surface area contributed by atoms with Gasteiger partial charge in [0.2, 0.25) is 0 Å². The minimum atomic E-state index is 0.542. The molecule has 1 N–H and O–H groups in total. The first kappa shape index (κ1) is 6.61. The van der Waals surface area contributed by atoms with Gasteiger partial charge in [0, 0.05) is 12.1 Å². The van der Waals surface area contributed by atoms with Gasteiger partial charge in [0.1, 0.15) is 0 Å². The quantitative estimate of drug-likeness (QED) is 0.684. The van der Waals surface area contributed by atoms with Gasteiger partial charge in [-0.05, 0) is 19.0 Å². The van der Waals surface area contributed by atoms with Gasteiger partial charge < -0.3 is 9.84 Å². The first-order valence-corrected chi connectivity index (χ1v) is 3.77. The third-order valence-electron chi connectivity index (χ3n) is 1.81. The van der Waals surface area contributed by atoms with Crippen LogP contribution in [0.25, 0.3) is 6.08 Å². The number of nitrogens with zero attached hydrogens (tertiary/aromatic N) is 1. The van der Waals surface area contributed by atoms with Gasteiger partial charge in [0.15, 0.2) is 5.76 Å². The molecule has 3 heteroatoms. The molecule has 1 atom stereocenters. The van der Waals surface area contributed by atoms with Crippen LogP contribution in [0.3, 0.4) is 0 Å². The van der Waals surface area contributed by atoms with Crippen molar-refractivity contribution < 1.29 is 4.52 Å². The lowest BCUT2D eigenvalue weighted by atomic mass is 10.1. The number of rotatable bonds is 2. The van der Waals surface area contributed by atoms with E-state index in [4.69, 9.17) is 4.52 Å². The highest BCUT2D eigenvalue weighted by atomic mass is 16.5. The van der Waals surface area contributed by atoms with Crippen LogP contribution in [-0.2, 0) is 0 Å². The van der Waals surface area contributed by atoms with Crippen LogP contribution in [0.4, 0.5) is 0 Å². The minimum absolute atomic E-state index is 0.542. The molecule has 1 aliphatic heterocycles. The molecule has 1 saturated heterocycles. The van der Waals surface area contributed by atoms with E-state index < -0.39 is 0 Å². The highest BCUT2D eigenvalue weighted by Gasteiger charge is 2.11. The fraction of sp³-hybridized carbons (Fsp3) is 0.375. The highest BCUT2D eigenvalue weighted by molar-refractivity contribution is 5.42. The molecule has 2 heterocycles. The van der Waals surface area contributed by atoms with Crippen molar-refractivity contribution >= 4 is 6.08 Å². The first-order chi connectivity index (χ1) is 5.45. The van der Waals surface area contributed by atoms with Gasteiger partial charge in [-0.2, -0.15) is 0 Å². The SMILES string of the molecule is C(=CC1CCN1)c1ccno1. The van der Waals surface area contributed by atoms with Gasteiger partial charge in [-0.3, -0.25) is 0 Å². The summed E-state index contributed by atoms with van der Waals surface area (Å²) in [4.78, 5) is 0. The molecule has 2 rings (SSSR count). The largest absolute Gasteiger partial charge is 0.357 e. The summed E-state index contributed by atoms with van der Waals surface area (Å²) in [6.07, 6.45) is 6.92. The molecule has 0 aliphatic carbocycles. The molecule has 1 unspecified atom stereocenters. The van der Waals surface area contributed by atoms with Crippen LogP contribution in [0.15, 0.2) is 22.9 Å². The van der Waals surface area contributed by atoms with E-state index >= 15 is 0 Å². The summed E-state index contributed by atoms with van der Waals surface area (Å²) >= 11 is 0. The van der Waals surface area contributed by atoms with E-state index in [1.807, 2.05) is 12.1 Å². The zero-order valence-corrected chi connectivity index (χ0v) is 6.16. The third kappa shape index (κ3) is 1.49. The Morgan fingerprint density at radius 3 is 3.18 bits per heavy atom. The Kier molecular flexibility index (Phi) is 1.73. The molecule has 1 aromatic heterocycles. The Hall–Kier alpha value is -1.09. The molecule has 0 saturated carbocycles. The van der Waals surface area contributed by atoms with Crippen LogP contribution < -0.4 is 5.32 Å². The van der Waals surface area contributed by atoms with Gasteiger partial charge in [0.25, 0.3) is 0 Å². The first-order valence-electron chi connectivity index (χ1n) is 3.77. The lowest BCUT2D eigenvalue weighted by Crippen LogP contribution is -2.40. The second-order valence-electron chi connectivity index (χ2n) is 2.62. The van der Waals surface area contributed by atoms with Gasteiger partial charge in [-0.15, -0.1) is 0 Å². The van der Waals surface area contributed by atoms with Gasteiger partial charge in [0.05, 0.1) is 6.20 Å². The Morgan fingerprint density at radius 2 is 2.64 bits per heavy atom. The maximum Gasteiger partial charge on any atom is 0.159 e. The van der Waals surface area contributed by atoms with Crippen molar-refractivity contribution in [2.75, 3.05) is 6.54 Å². The number of nitrogens with one attached hydrogen (secondary N) is 1. The summed E-state index contributed by atoms with van der Waals surface area (Å²) in [6.45, 7) is 1.13. The van der Waals surface area contributed by atoms with Crippen molar-refractivity contribution in [3.63, 3.8) is 0 Å². The predicted octanol–water partition coefficient (Wildman–Crippen LogP) is 1.05. The van der Waals surface area contributed by atoms with E-state index in [0.717, 1.165) is 12.3 Å². The van der Waals surface area contributed by atoms with Crippen molar-refractivity contribution in [2.24, 2.45) is 0 Å². The Morgan fingerprint density at radius 1 is 1.73 bits per heavy atom. The summed E-state index contributed by atoms with van der Waals surface area (Å²) in [7, 11) is 0. The molecule has 58 valence electrons. The Bertz CT molecular complexity index is 237. The Labute approximate surface area is 65.1 Å². The van der Waals surface area contributed by atoms with Gasteiger partial charge in [-0.25, -0.2) is 0 Å². The summed E-state index contributed by atoms with van der Waals surface area (Å²) < 4.78 is 4.89. The lowest BCUT2D eigenvalue weighted by molar-refractivity contribution is 0.410. The lowest BCUT2D eigenvalue weighted by Gasteiger charge is -2.23. The molecule has 0 amide bonds. The molecule has 0 spiro atoms. The number of hydrogen-bond acceptors (Lipinski definition) is 3. The van der Waals surface area contributed by atoms with Crippen molar-refractivity contribution in [1.82, 2.24) is 10.5 Å². The summed E-state index contributed by atoms with van der Waals surface area (Å²) in [5.41, 5.74) is 0. The van der Waals surface area contributed by atoms with Crippen LogP contribution >= 0.6 is 0 Å². The van der Waals surface area contributed by atoms with Crippen molar-refractivity contribution in [3.05, 3.63) is 24.1 Å².